The van der Waals surface area contributed by atoms with Crippen LogP contribution in [0.25, 0.3) is 0 Å². The van der Waals surface area contributed by atoms with E-state index in [1.807, 2.05) is 0 Å². The highest BCUT2D eigenvalue weighted by molar-refractivity contribution is 6.04. The first-order valence-electron chi connectivity index (χ1n) is 5.42. The van der Waals surface area contributed by atoms with Gasteiger partial charge in [0.15, 0.2) is 11.5 Å². The Morgan fingerprint density at radius 3 is 2.37 bits per heavy atom. The molecular weight excluding hydrogens is 250 g/mol. The van der Waals surface area contributed by atoms with Gasteiger partial charge in [-0.1, -0.05) is 0 Å². The normalized spacial score (nSPS) is 10.8. The minimum absolute atomic E-state index is 0.0435. The molecule has 0 spiro atoms. The Morgan fingerprint density at radius 2 is 1.84 bits per heavy atom. The summed E-state index contributed by atoms with van der Waals surface area (Å²) in [4.78, 5) is 22.1. The molecule has 0 aliphatic heterocycles. The fraction of sp³-hybridized carbons (Fsp3) is 0.231. The number of methoxy groups -OCH3 is 2. The quantitative estimate of drug-likeness (QED) is 0.791. The Labute approximate surface area is 110 Å². The van der Waals surface area contributed by atoms with Gasteiger partial charge in [0.1, 0.15) is 0 Å². The summed E-state index contributed by atoms with van der Waals surface area (Å²) >= 11 is 0. The van der Waals surface area contributed by atoms with Crippen LogP contribution in [-0.2, 0) is 9.59 Å². The Bertz CT molecular complexity index is 522. The number of carboxylic acid groups (broad SMARTS) is 1. The maximum Gasteiger partial charge on any atom is 0.331 e. The summed E-state index contributed by atoms with van der Waals surface area (Å²) in [6, 6.07) is 4.85. The smallest absolute Gasteiger partial charge is 0.331 e. The van der Waals surface area contributed by atoms with E-state index < -0.39 is 11.9 Å². The number of rotatable bonds is 5. The van der Waals surface area contributed by atoms with Crippen molar-refractivity contribution in [3.63, 3.8) is 0 Å². The largest absolute Gasteiger partial charge is 0.493 e. The molecule has 19 heavy (non-hydrogen) atoms. The van der Waals surface area contributed by atoms with E-state index in [1.165, 1.54) is 21.1 Å². The second-order valence-electron chi connectivity index (χ2n) is 3.69. The van der Waals surface area contributed by atoms with E-state index in [2.05, 4.69) is 5.32 Å². The van der Waals surface area contributed by atoms with E-state index in [9.17, 15) is 9.59 Å². The maximum atomic E-state index is 11.6. The number of amides is 1. The molecule has 6 nitrogen and oxygen atoms in total. The van der Waals surface area contributed by atoms with Crippen LogP contribution < -0.4 is 14.8 Å². The van der Waals surface area contributed by atoms with Gasteiger partial charge in [-0.05, 0) is 19.1 Å². The van der Waals surface area contributed by atoms with Crippen LogP contribution in [0.15, 0.2) is 29.8 Å². The van der Waals surface area contributed by atoms with E-state index in [0.29, 0.717) is 17.2 Å². The van der Waals surface area contributed by atoms with Crippen molar-refractivity contribution in [2.45, 2.75) is 6.92 Å². The van der Waals surface area contributed by atoms with Gasteiger partial charge in [0.2, 0.25) is 5.91 Å². The molecule has 1 amide bonds. The van der Waals surface area contributed by atoms with Gasteiger partial charge in [0, 0.05) is 23.4 Å². The zero-order valence-corrected chi connectivity index (χ0v) is 10.9. The molecule has 1 aromatic rings. The van der Waals surface area contributed by atoms with Crippen LogP contribution >= 0.6 is 0 Å². The molecule has 6 heteroatoms. The lowest BCUT2D eigenvalue weighted by molar-refractivity contribution is -0.132. The molecule has 0 aliphatic rings. The van der Waals surface area contributed by atoms with Crippen molar-refractivity contribution in [3.05, 3.63) is 29.8 Å². The summed E-state index contributed by atoms with van der Waals surface area (Å²) in [5, 5.41) is 11.2. The van der Waals surface area contributed by atoms with Crippen LogP contribution in [0.4, 0.5) is 5.69 Å². The van der Waals surface area contributed by atoms with Gasteiger partial charge in [-0.3, -0.25) is 4.79 Å². The van der Waals surface area contributed by atoms with E-state index in [1.54, 1.807) is 18.2 Å². The SMILES string of the molecule is COc1ccc(NC(=O)/C=C(\C)C(=O)O)cc1OC. The molecule has 0 atom stereocenters. The molecule has 0 bridgehead atoms. The summed E-state index contributed by atoms with van der Waals surface area (Å²) in [6.07, 6.45) is 1.01. The third-order valence-electron chi connectivity index (χ3n) is 2.34. The highest BCUT2D eigenvalue weighted by Crippen LogP contribution is 2.29. The van der Waals surface area contributed by atoms with Gasteiger partial charge in [-0.15, -0.1) is 0 Å². The van der Waals surface area contributed by atoms with Crippen LogP contribution in [0.1, 0.15) is 6.92 Å². The average molecular weight is 265 g/mol. The van der Waals surface area contributed by atoms with Crippen LogP contribution in [-0.4, -0.2) is 31.2 Å². The number of nitrogens with one attached hydrogen (secondary N) is 1. The predicted octanol–water partition coefficient (Wildman–Crippen LogP) is 1.67. The van der Waals surface area contributed by atoms with Crippen molar-refractivity contribution in [2.75, 3.05) is 19.5 Å². The number of hydrogen-bond donors (Lipinski definition) is 2. The lowest BCUT2D eigenvalue weighted by atomic mass is 10.2. The first kappa shape index (κ1) is 14.6. The zero-order valence-electron chi connectivity index (χ0n) is 10.9. The van der Waals surface area contributed by atoms with Crippen LogP contribution in [0.2, 0.25) is 0 Å². The molecule has 0 heterocycles. The molecule has 1 aromatic carbocycles. The highest BCUT2D eigenvalue weighted by atomic mass is 16.5. The Hall–Kier alpha value is -2.50. The second kappa shape index (κ2) is 6.44. The van der Waals surface area contributed by atoms with Gasteiger partial charge in [0.05, 0.1) is 14.2 Å². The third kappa shape index (κ3) is 4.02. The van der Waals surface area contributed by atoms with Gasteiger partial charge >= 0.3 is 5.97 Å². The van der Waals surface area contributed by atoms with Crippen molar-refractivity contribution in [1.82, 2.24) is 0 Å². The Balaban J connectivity index is 2.86. The zero-order chi connectivity index (χ0) is 14.4. The maximum absolute atomic E-state index is 11.6. The van der Waals surface area contributed by atoms with Gasteiger partial charge in [0.25, 0.3) is 0 Å². The number of anilines is 1. The summed E-state index contributed by atoms with van der Waals surface area (Å²) in [5.74, 6) is -0.647. The van der Waals surface area contributed by atoms with Gasteiger partial charge < -0.3 is 19.9 Å². The first-order chi connectivity index (χ1) is 8.97. The number of ether oxygens (including phenoxy) is 2. The Morgan fingerprint density at radius 1 is 1.21 bits per heavy atom. The minimum atomic E-state index is -1.14. The monoisotopic (exact) mass is 265 g/mol. The van der Waals surface area contributed by atoms with Crippen molar-refractivity contribution in [2.24, 2.45) is 0 Å². The van der Waals surface area contributed by atoms with Crippen LogP contribution in [0, 0.1) is 0 Å². The number of benzene rings is 1. The summed E-state index contributed by atoms with van der Waals surface area (Å²) in [5.41, 5.74) is 0.440. The molecule has 2 N–H and O–H groups in total. The first-order valence-corrected chi connectivity index (χ1v) is 5.42. The van der Waals surface area contributed by atoms with Crippen LogP contribution in [0.3, 0.4) is 0 Å². The van der Waals surface area contributed by atoms with Crippen molar-refractivity contribution in [1.29, 1.82) is 0 Å². The molecule has 0 radical (unpaired) electrons. The number of aliphatic carboxylic acids is 1. The molecule has 0 saturated heterocycles. The fourth-order valence-electron chi connectivity index (χ4n) is 1.35. The van der Waals surface area contributed by atoms with E-state index >= 15 is 0 Å². The van der Waals surface area contributed by atoms with Crippen molar-refractivity contribution < 1.29 is 24.2 Å². The number of carbonyl (C=O) groups excluding carboxylic acids is 1. The highest BCUT2D eigenvalue weighted by Gasteiger charge is 2.07. The number of carbonyl (C=O) groups is 2. The van der Waals surface area contributed by atoms with E-state index in [4.69, 9.17) is 14.6 Å². The molecule has 0 aromatic heterocycles. The van der Waals surface area contributed by atoms with Crippen molar-refractivity contribution in [3.8, 4) is 11.5 Å². The lowest BCUT2D eigenvalue weighted by Gasteiger charge is -2.09. The number of carboxylic acids is 1. The minimum Gasteiger partial charge on any atom is -0.493 e. The molecule has 0 saturated carbocycles. The predicted molar refractivity (Wildman–Crippen MR) is 69.6 cm³/mol. The molecule has 0 unspecified atom stereocenters. The fourth-order valence-corrected chi connectivity index (χ4v) is 1.35. The molecule has 0 aliphatic carbocycles. The van der Waals surface area contributed by atoms with Gasteiger partial charge in [-0.2, -0.15) is 0 Å². The van der Waals surface area contributed by atoms with Gasteiger partial charge in [-0.25, -0.2) is 4.79 Å². The third-order valence-corrected chi connectivity index (χ3v) is 2.34. The average Bonchev–Trinajstić information content (AvgIpc) is 2.38. The van der Waals surface area contributed by atoms with Crippen LogP contribution in [0.5, 0.6) is 11.5 Å². The van der Waals surface area contributed by atoms with E-state index in [-0.39, 0.29) is 5.57 Å². The summed E-state index contributed by atoms with van der Waals surface area (Å²) < 4.78 is 10.2. The molecule has 0 fully saturated rings. The van der Waals surface area contributed by atoms with Crippen molar-refractivity contribution >= 4 is 17.6 Å². The Kier molecular flexibility index (Phi) is 4.93. The summed E-state index contributed by atoms with van der Waals surface area (Å²) in [6.45, 7) is 1.34. The molecule has 102 valence electrons. The van der Waals surface area contributed by atoms with E-state index in [0.717, 1.165) is 6.08 Å². The molecule has 1 rings (SSSR count). The number of hydrogen-bond acceptors (Lipinski definition) is 4. The molecular formula is C13H15NO5. The lowest BCUT2D eigenvalue weighted by Crippen LogP contribution is -2.10. The summed E-state index contributed by atoms with van der Waals surface area (Å²) in [7, 11) is 2.99. The standard InChI is InChI=1S/C13H15NO5/c1-8(13(16)17)6-12(15)14-9-4-5-10(18-2)11(7-9)19-3/h4-7H,1-3H3,(H,14,15)(H,16,17)/b8-6+. The topological polar surface area (TPSA) is 84.9 Å². The second-order valence-corrected chi connectivity index (χ2v) is 3.69.